The monoisotopic (exact) mass is 502 g/mol. The molecule has 10 heteroatoms. The van der Waals surface area contributed by atoms with Crippen LogP contribution in [0.4, 0.5) is 0 Å². The maximum atomic E-state index is 12.5. The lowest BCUT2D eigenvalue weighted by atomic mass is 10.0. The molecule has 2 atom stereocenters. The zero-order chi connectivity index (χ0) is 24.3. The number of amides is 1. The molecule has 0 aromatic heterocycles. The van der Waals surface area contributed by atoms with Crippen LogP contribution in [0.5, 0.6) is 5.75 Å². The lowest BCUT2D eigenvalue weighted by Crippen LogP contribution is -2.50. The number of nitriles is 1. The highest BCUT2D eigenvalue weighted by Gasteiger charge is 2.40. The molecule has 0 radical (unpaired) electrons. The van der Waals surface area contributed by atoms with E-state index in [1.165, 1.54) is 12.1 Å². The van der Waals surface area contributed by atoms with Crippen molar-refractivity contribution in [3.05, 3.63) is 58.1 Å². The summed E-state index contributed by atoms with van der Waals surface area (Å²) in [5, 5.41) is 13.5. The SMILES string of the molecule is CCCC(=O)NS(=O)(=O)c1ccc(O[C@H]2c3cc(Cl)cc(C#N)c3C[C@@H]2N2CCNCC2)cc1. The molecule has 2 aliphatic rings. The van der Waals surface area contributed by atoms with E-state index in [0.717, 1.165) is 37.3 Å². The minimum atomic E-state index is -3.94. The lowest BCUT2D eigenvalue weighted by molar-refractivity contribution is -0.119. The van der Waals surface area contributed by atoms with Crippen LogP contribution in [0.15, 0.2) is 41.3 Å². The van der Waals surface area contributed by atoms with E-state index in [1.807, 2.05) is 6.07 Å². The molecule has 0 saturated carbocycles. The van der Waals surface area contributed by atoms with Gasteiger partial charge in [0.15, 0.2) is 0 Å². The van der Waals surface area contributed by atoms with Crippen LogP contribution in [0.3, 0.4) is 0 Å². The van der Waals surface area contributed by atoms with Crippen molar-refractivity contribution >= 4 is 27.5 Å². The van der Waals surface area contributed by atoms with Crippen LogP contribution < -0.4 is 14.8 Å². The first kappa shape index (κ1) is 24.5. The Morgan fingerprint density at radius 3 is 2.62 bits per heavy atom. The highest BCUT2D eigenvalue weighted by atomic mass is 35.5. The number of nitrogens with one attached hydrogen (secondary N) is 2. The topological polar surface area (TPSA) is 112 Å². The van der Waals surface area contributed by atoms with Gasteiger partial charge in [0.25, 0.3) is 10.0 Å². The van der Waals surface area contributed by atoms with Gasteiger partial charge in [-0.2, -0.15) is 5.26 Å². The number of benzene rings is 2. The number of hydrogen-bond donors (Lipinski definition) is 2. The molecule has 1 saturated heterocycles. The number of carbonyl (C=O) groups excluding carboxylic acids is 1. The molecule has 0 bridgehead atoms. The van der Waals surface area contributed by atoms with E-state index in [2.05, 4.69) is 21.0 Å². The Morgan fingerprint density at radius 1 is 1.26 bits per heavy atom. The first-order valence-corrected chi connectivity index (χ1v) is 13.2. The number of ether oxygens (including phenoxy) is 1. The number of nitrogens with zero attached hydrogens (tertiary/aromatic N) is 2. The fourth-order valence-electron chi connectivity index (χ4n) is 4.57. The van der Waals surface area contributed by atoms with Crippen LogP contribution in [-0.2, 0) is 21.2 Å². The minimum absolute atomic E-state index is 0.00964. The normalized spacial score (nSPS) is 20.4. The van der Waals surface area contributed by atoms with Gasteiger partial charge in [-0.3, -0.25) is 9.69 Å². The molecule has 1 aliphatic carbocycles. The minimum Gasteiger partial charge on any atom is -0.484 e. The Labute approximate surface area is 204 Å². The number of carbonyl (C=O) groups is 1. The van der Waals surface area contributed by atoms with Gasteiger partial charge < -0.3 is 10.1 Å². The standard InChI is InChI=1S/C24H27ClN4O4S/c1-2-3-23(30)28-34(31,32)19-6-4-18(5-7-19)33-24-21-13-17(25)12-16(15-26)20(21)14-22(24)29-10-8-27-9-11-29/h4-7,12-13,22,24,27H,2-3,8-11,14H2,1H3,(H,28,30)/t22-,24-/m0/s1. The number of sulfonamides is 1. The number of piperazine rings is 1. The van der Waals surface area contributed by atoms with Crippen LogP contribution in [-0.4, -0.2) is 51.4 Å². The van der Waals surface area contributed by atoms with Gasteiger partial charge in [-0.15, -0.1) is 0 Å². The molecule has 2 aromatic carbocycles. The molecule has 0 spiro atoms. The molecule has 1 aliphatic heterocycles. The van der Waals surface area contributed by atoms with E-state index in [9.17, 15) is 18.5 Å². The Kier molecular flexibility index (Phi) is 7.43. The summed E-state index contributed by atoms with van der Waals surface area (Å²) in [5.41, 5.74) is 2.38. The average Bonchev–Trinajstić information content (AvgIpc) is 3.17. The van der Waals surface area contributed by atoms with Crippen LogP contribution in [0.25, 0.3) is 0 Å². The van der Waals surface area contributed by atoms with Crippen molar-refractivity contribution in [2.45, 2.75) is 43.2 Å². The van der Waals surface area contributed by atoms with E-state index in [4.69, 9.17) is 16.3 Å². The highest BCUT2D eigenvalue weighted by molar-refractivity contribution is 7.90. The number of hydrogen-bond acceptors (Lipinski definition) is 7. The second kappa shape index (κ2) is 10.3. The van der Waals surface area contributed by atoms with Gasteiger partial charge in [0.05, 0.1) is 22.6 Å². The first-order valence-electron chi connectivity index (χ1n) is 11.3. The average molecular weight is 503 g/mol. The third-order valence-electron chi connectivity index (χ3n) is 6.18. The Bertz CT molecular complexity index is 1200. The summed E-state index contributed by atoms with van der Waals surface area (Å²) >= 11 is 6.31. The summed E-state index contributed by atoms with van der Waals surface area (Å²) < 4.78 is 33.4. The molecular formula is C24H27ClN4O4S. The van der Waals surface area contributed by atoms with E-state index < -0.39 is 15.9 Å². The van der Waals surface area contributed by atoms with Gasteiger partial charge in [-0.25, -0.2) is 13.1 Å². The van der Waals surface area contributed by atoms with E-state index in [1.54, 1.807) is 25.1 Å². The zero-order valence-corrected chi connectivity index (χ0v) is 20.5. The fraction of sp³-hybridized carbons (Fsp3) is 0.417. The highest BCUT2D eigenvalue weighted by Crippen LogP contribution is 2.41. The van der Waals surface area contributed by atoms with Crippen LogP contribution >= 0.6 is 11.6 Å². The van der Waals surface area contributed by atoms with Gasteiger partial charge in [0.1, 0.15) is 11.9 Å². The van der Waals surface area contributed by atoms with E-state index in [-0.39, 0.29) is 23.5 Å². The van der Waals surface area contributed by atoms with E-state index >= 15 is 0 Å². The molecule has 2 N–H and O–H groups in total. The largest absolute Gasteiger partial charge is 0.484 e. The molecule has 8 nitrogen and oxygen atoms in total. The third kappa shape index (κ3) is 5.20. The summed E-state index contributed by atoms with van der Waals surface area (Å²) in [6.45, 7) is 5.29. The van der Waals surface area contributed by atoms with Crippen molar-refractivity contribution in [3.8, 4) is 11.8 Å². The second-order valence-electron chi connectivity index (χ2n) is 8.48. The summed E-state index contributed by atoms with van der Waals surface area (Å²) in [6.07, 6.45) is 1.02. The predicted molar refractivity (Wildman–Crippen MR) is 128 cm³/mol. The number of fused-ring (bicyclic) bond motifs is 1. The molecule has 34 heavy (non-hydrogen) atoms. The maximum Gasteiger partial charge on any atom is 0.264 e. The fourth-order valence-corrected chi connectivity index (χ4v) is 5.81. The maximum absolute atomic E-state index is 12.5. The smallest absolute Gasteiger partial charge is 0.264 e. The van der Waals surface area contributed by atoms with Crippen molar-refractivity contribution in [3.63, 3.8) is 0 Å². The number of halogens is 1. The second-order valence-corrected chi connectivity index (χ2v) is 10.6. The van der Waals surface area contributed by atoms with Crippen molar-refractivity contribution in [1.29, 1.82) is 5.26 Å². The van der Waals surface area contributed by atoms with Crippen LogP contribution in [0.2, 0.25) is 5.02 Å². The van der Waals surface area contributed by atoms with Crippen molar-refractivity contribution in [2.24, 2.45) is 0 Å². The van der Waals surface area contributed by atoms with Crippen molar-refractivity contribution < 1.29 is 17.9 Å². The molecule has 0 unspecified atom stereocenters. The van der Waals surface area contributed by atoms with Crippen molar-refractivity contribution in [1.82, 2.24) is 14.9 Å². The molecule has 1 fully saturated rings. The zero-order valence-electron chi connectivity index (χ0n) is 18.9. The Morgan fingerprint density at radius 2 is 1.97 bits per heavy atom. The van der Waals surface area contributed by atoms with Gasteiger partial charge in [-0.05, 0) is 60.4 Å². The lowest BCUT2D eigenvalue weighted by Gasteiger charge is -2.36. The summed E-state index contributed by atoms with van der Waals surface area (Å²) in [6, 6.07) is 11.8. The summed E-state index contributed by atoms with van der Waals surface area (Å²) in [7, 11) is -3.94. The molecule has 1 heterocycles. The number of rotatable bonds is 7. The Hall–Kier alpha value is -2.64. The summed E-state index contributed by atoms with van der Waals surface area (Å²) in [5.74, 6) is -0.0373. The van der Waals surface area contributed by atoms with Gasteiger partial charge in [-0.1, -0.05) is 18.5 Å². The molecule has 2 aromatic rings. The predicted octanol–water partition coefficient (Wildman–Crippen LogP) is 2.77. The first-order chi connectivity index (χ1) is 16.3. The van der Waals surface area contributed by atoms with Gasteiger partial charge in [0.2, 0.25) is 5.91 Å². The molecule has 1 amide bonds. The molecule has 4 rings (SSSR count). The molecular weight excluding hydrogens is 476 g/mol. The molecule has 180 valence electrons. The van der Waals surface area contributed by atoms with Crippen molar-refractivity contribution in [2.75, 3.05) is 26.2 Å². The third-order valence-corrected chi connectivity index (χ3v) is 7.79. The van der Waals surface area contributed by atoms with Gasteiger partial charge in [0, 0.05) is 37.6 Å². The van der Waals surface area contributed by atoms with Crippen LogP contribution in [0, 0.1) is 11.3 Å². The van der Waals surface area contributed by atoms with Crippen LogP contribution in [0.1, 0.15) is 42.6 Å². The van der Waals surface area contributed by atoms with E-state index in [0.29, 0.717) is 29.2 Å². The summed E-state index contributed by atoms with van der Waals surface area (Å²) in [4.78, 5) is 14.1. The van der Waals surface area contributed by atoms with Gasteiger partial charge >= 0.3 is 0 Å². The Balaban J connectivity index is 1.60. The quantitative estimate of drug-likeness (QED) is 0.598.